The molecule has 0 aromatic heterocycles. The van der Waals surface area contributed by atoms with Gasteiger partial charge in [0.25, 0.3) is 0 Å². The summed E-state index contributed by atoms with van der Waals surface area (Å²) in [7, 11) is 0. The van der Waals surface area contributed by atoms with E-state index >= 15 is 0 Å². The fraction of sp³-hybridized carbons (Fsp3) is 0.222. The molecular weight excluding hydrogens is 381 g/mol. The summed E-state index contributed by atoms with van der Waals surface area (Å²) in [6.45, 7) is 0.0706. The smallest absolute Gasteiger partial charge is 0.416 e. The number of ether oxygens (including phenoxy) is 1. The van der Waals surface area contributed by atoms with E-state index in [1.54, 1.807) is 24.3 Å². The van der Waals surface area contributed by atoms with Crippen LogP contribution >= 0.6 is 11.8 Å². The van der Waals surface area contributed by atoms with E-state index in [4.69, 9.17) is 10.5 Å². The Morgan fingerprint density at radius 3 is 2.56 bits per heavy atom. The van der Waals surface area contributed by atoms with Crippen molar-refractivity contribution < 1.29 is 27.5 Å². The number of carbonyl (C=O) groups excluding carboxylic acids is 2. The molecule has 9 heteroatoms. The lowest BCUT2D eigenvalue weighted by atomic mass is 10.2. The summed E-state index contributed by atoms with van der Waals surface area (Å²) in [5, 5.41) is 2.64. The highest BCUT2D eigenvalue weighted by Gasteiger charge is 2.30. The van der Waals surface area contributed by atoms with E-state index in [0.29, 0.717) is 16.3 Å². The third-order valence-corrected chi connectivity index (χ3v) is 4.29. The molecule has 0 radical (unpaired) electrons. The quantitative estimate of drug-likeness (QED) is 0.665. The molecule has 2 aromatic carbocycles. The molecule has 3 N–H and O–H groups in total. The van der Waals surface area contributed by atoms with Crippen molar-refractivity contribution in [2.24, 2.45) is 5.73 Å². The van der Waals surface area contributed by atoms with E-state index in [1.165, 1.54) is 12.1 Å². The van der Waals surface area contributed by atoms with Gasteiger partial charge in [-0.15, -0.1) is 11.8 Å². The van der Waals surface area contributed by atoms with Crippen LogP contribution in [0.5, 0.6) is 5.75 Å². The molecule has 0 unspecified atom stereocenters. The van der Waals surface area contributed by atoms with Gasteiger partial charge in [0.2, 0.25) is 11.8 Å². The second kappa shape index (κ2) is 9.31. The highest BCUT2D eigenvalue weighted by molar-refractivity contribution is 8.00. The monoisotopic (exact) mass is 398 g/mol. The first-order chi connectivity index (χ1) is 12.8. The zero-order valence-corrected chi connectivity index (χ0v) is 14.9. The highest BCUT2D eigenvalue weighted by atomic mass is 32.2. The maximum absolute atomic E-state index is 12.7. The second-order valence-electron chi connectivity index (χ2n) is 5.42. The molecule has 2 rings (SSSR count). The normalized spacial score (nSPS) is 11.1. The molecule has 144 valence electrons. The van der Waals surface area contributed by atoms with Gasteiger partial charge in [-0.25, -0.2) is 0 Å². The van der Waals surface area contributed by atoms with E-state index in [0.717, 1.165) is 23.9 Å². The van der Waals surface area contributed by atoms with Crippen molar-refractivity contribution in [1.82, 2.24) is 0 Å². The van der Waals surface area contributed by atoms with Gasteiger partial charge < -0.3 is 15.8 Å². The summed E-state index contributed by atoms with van der Waals surface area (Å²) in [5.74, 6) is -0.606. The molecule has 0 aliphatic carbocycles. The van der Waals surface area contributed by atoms with Crippen molar-refractivity contribution >= 4 is 29.3 Å². The summed E-state index contributed by atoms with van der Waals surface area (Å²) < 4.78 is 43.6. The van der Waals surface area contributed by atoms with Gasteiger partial charge in [-0.05, 0) is 30.3 Å². The Bertz CT molecular complexity index is 812. The lowest BCUT2D eigenvalue weighted by Gasteiger charge is -2.12. The number of rotatable bonds is 8. The number of anilines is 1. The largest absolute Gasteiger partial charge is 0.491 e. The number of carbonyl (C=O) groups is 2. The molecule has 0 fully saturated rings. The summed E-state index contributed by atoms with van der Waals surface area (Å²) >= 11 is 0.992. The predicted octanol–water partition coefficient (Wildman–Crippen LogP) is 3.69. The summed E-state index contributed by atoms with van der Waals surface area (Å²) in [4.78, 5) is 23.2. The first-order valence-electron chi connectivity index (χ1n) is 7.86. The van der Waals surface area contributed by atoms with Crippen molar-refractivity contribution in [2.45, 2.75) is 17.5 Å². The maximum Gasteiger partial charge on any atom is 0.416 e. The van der Waals surface area contributed by atoms with E-state index < -0.39 is 23.6 Å². The minimum Gasteiger partial charge on any atom is -0.491 e. The van der Waals surface area contributed by atoms with Crippen LogP contribution in [0.15, 0.2) is 53.4 Å². The Balaban J connectivity index is 1.94. The van der Waals surface area contributed by atoms with Crippen LogP contribution in [0.25, 0.3) is 0 Å². The topological polar surface area (TPSA) is 81.4 Å². The first kappa shape index (κ1) is 20.6. The van der Waals surface area contributed by atoms with Crippen LogP contribution in [0.3, 0.4) is 0 Å². The zero-order chi connectivity index (χ0) is 19.9. The molecule has 5 nitrogen and oxygen atoms in total. The third kappa shape index (κ3) is 6.86. The molecule has 0 heterocycles. The first-order valence-corrected chi connectivity index (χ1v) is 8.84. The number of amides is 2. The van der Waals surface area contributed by atoms with E-state index in [9.17, 15) is 22.8 Å². The van der Waals surface area contributed by atoms with Crippen LogP contribution in [0.1, 0.15) is 12.0 Å². The fourth-order valence-corrected chi connectivity index (χ4v) is 2.81. The van der Waals surface area contributed by atoms with Crippen molar-refractivity contribution in [3.05, 3.63) is 54.1 Å². The number of nitrogens with two attached hydrogens (primary N) is 1. The molecule has 0 aliphatic rings. The average molecular weight is 398 g/mol. The number of para-hydroxylation sites is 2. The van der Waals surface area contributed by atoms with Crippen molar-refractivity contribution in [3.8, 4) is 5.75 Å². The molecule has 2 amide bonds. The molecule has 0 spiro atoms. The predicted molar refractivity (Wildman–Crippen MR) is 96.5 cm³/mol. The summed E-state index contributed by atoms with van der Waals surface area (Å²) in [6, 6.07) is 11.4. The lowest BCUT2D eigenvalue weighted by molar-refractivity contribution is -0.137. The number of primary amides is 1. The van der Waals surface area contributed by atoms with Gasteiger partial charge in [-0.1, -0.05) is 18.2 Å². The number of hydrogen-bond donors (Lipinski definition) is 2. The van der Waals surface area contributed by atoms with E-state index in [1.807, 2.05) is 0 Å². The average Bonchev–Trinajstić information content (AvgIpc) is 2.61. The van der Waals surface area contributed by atoms with Crippen LogP contribution in [-0.4, -0.2) is 24.2 Å². The van der Waals surface area contributed by atoms with Crippen LogP contribution in [0.4, 0.5) is 18.9 Å². The third-order valence-electron chi connectivity index (χ3n) is 3.30. The Morgan fingerprint density at radius 2 is 1.85 bits per heavy atom. The van der Waals surface area contributed by atoms with Gasteiger partial charge >= 0.3 is 6.18 Å². The Hall–Kier alpha value is -2.68. The molecular formula is C18H17F3N2O3S. The SMILES string of the molecule is NC(=O)CCOc1ccccc1NC(=O)CSc1cccc(C(F)(F)F)c1. The molecule has 27 heavy (non-hydrogen) atoms. The molecule has 0 aliphatic heterocycles. The zero-order valence-electron chi connectivity index (χ0n) is 14.1. The molecule has 2 aromatic rings. The van der Waals surface area contributed by atoms with Gasteiger partial charge in [0.1, 0.15) is 5.75 Å². The van der Waals surface area contributed by atoms with Gasteiger partial charge in [0.05, 0.1) is 30.0 Å². The maximum atomic E-state index is 12.7. The Morgan fingerprint density at radius 1 is 1.11 bits per heavy atom. The van der Waals surface area contributed by atoms with Gasteiger partial charge in [0.15, 0.2) is 0 Å². The van der Waals surface area contributed by atoms with Crippen molar-refractivity contribution in [2.75, 3.05) is 17.7 Å². The standard InChI is InChI=1S/C18H17F3N2O3S/c19-18(20,21)12-4-3-5-13(10-12)27-11-17(25)23-14-6-1-2-7-15(14)26-9-8-16(22)24/h1-7,10H,8-9,11H2,(H2,22,24)(H,23,25). The number of halogens is 3. The summed E-state index contributed by atoms with van der Waals surface area (Å²) in [5.41, 5.74) is 4.68. The van der Waals surface area contributed by atoms with Crippen molar-refractivity contribution in [1.29, 1.82) is 0 Å². The van der Waals surface area contributed by atoms with Gasteiger partial charge in [0, 0.05) is 4.90 Å². The number of nitrogens with one attached hydrogen (secondary N) is 1. The van der Waals surface area contributed by atoms with E-state index in [2.05, 4.69) is 5.32 Å². The lowest BCUT2D eigenvalue weighted by Crippen LogP contribution is -2.17. The van der Waals surface area contributed by atoms with Crippen LogP contribution in [0.2, 0.25) is 0 Å². The van der Waals surface area contributed by atoms with Gasteiger partial charge in [-0.2, -0.15) is 13.2 Å². The Labute approximate surface area is 158 Å². The molecule has 0 atom stereocenters. The van der Waals surface area contributed by atoms with Crippen LogP contribution in [0, 0.1) is 0 Å². The summed E-state index contributed by atoms with van der Waals surface area (Å²) in [6.07, 6.45) is -4.40. The molecule has 0 bridgehead atoms. The minimum absolute atomic E-state index is 0.0354. The van der Waals surface area contributed by atoms with E-state index in [-0.39, 0.29) is 18.8 Å². The van der Waals surface area contributed by atoms with Crippen LogP contribution < -0.4 is 15.8 Å². The highest BCUT2D eigenvalue weighted by Crippen LogP contribution is 2.32. The molecule has 0 saturated carbocycles. The molecule has 0 saturated heterocycles. The van der Waals surface area contributed by atoms with Crippen molar-refractivity contribution in [3.63, 3.8) is 0 Å². The number of benzene rings is 2. The fourth-order valence-electron chi connectivity index (χ4n) is 2.05. The van der Waals surface area contributed by atoms with Crippen LogP contribution in [-0.2, 0) is 15.8 Å². The second-order valence-corrected chi connectivity index (χ2v) is 6.47. The Kier molecular flexibility index (Phi) is 7.12. The number of hydrogen-bond acceptors (Lipinski definition) is 4. The number of thioether (sulfide) groups is 1. The minimum atomic E-state index is -4.43. The van der Waals surface area contributed by atoms with Gasteiger partial charge in [-0.3, -0.25) is 9.59 Å². The number of alkyl halides is 3.